The maximum Gasteiger partial charge on any atom is 0.267 e. The van der Waals surface area contributed by atoms with Crippen LogP contribution in [0.25, 0.3) is 22.4 Å². The summed E-state index contributed by atoms with van der Waals surface area (Å²) in [5, 5.41) is 7.30. The molecule has 4 rings (SSSR count). The molecular formula is C26H23N3O2. The van der Waals surface area contributed by atoms with Gasteiger partial charge in [0, 0.05) is 11.6 Å². The van der Waals surface area contributed by atoms with E-state index >= 15 is 0 Å². The highest BCUT2D eigenvalue weighted by Crippen LogP contribution is 2.21. The second kappa shape index (κ2) is 9.22. The summed E-state index contributed by atoms with van der Waals surface area (Å²) >= 11 is 0. The van der Waals surface area contributed by atoms with Crippen LogP contribution in [0.3, 0.4) is 0 Å². The minimum Gasteiger partial charge on any atom is -0.348 e. The predicted molar refractivity (Wildman–Crippen MR) is 122 cm³/mol. The van der Waals surface area contributed by atoms with Gasteiger partial charge in [0.25, 0.3) is 5.56 Å². The molecule has 1 heterocycles. The molecule has 31 heavy (non-hydrogen) atoms. The fourth-order valence-corrected chi connectivity index (χ4v) is 3.43. The van der Waals surface area contributed by atoms with Gasteiger partial charge in [-0.2, -0.15) is 5.10 Å². The first kappa shape index (κ1) is 20.3. The van der Waals surface area contributed by atoms with Crippen molar-refractivity contribution in [3.05, 3.63) is 113 Å². The Morgan fingerprint density at radius 1 is 0.806 bits per heavy atom. The van der Waals surface area contributed by atoms with Crippen LogP contribution in [0.2, 0.25) is 0 Å². The maximum absolute atomic E-state index is 12.6. The Hall–Kier alpha value is -3.99. The van der Waals surface area contributed by atoms with E-state index in [-0.39, 0.29) is 24.1 Å². The third kappa shape index (κ3) is 4.95. The quantitative estimate of drug-likeness (QED) is 0.512. The molecule has 1 atom stereocenters. The van der Waals surface area contributed by atoms with Gasteiger partial charge >= 0.3 is 0 Å². The predicted octanol–water partition coefficient (Wildman–Crippen LogP) is 4.45. The van der Waals surface area contributed by atoms with Gasteiger partial charge in [-0.25, -0.2) is 4.68 Å². The number of hydrogen-bond acceptors (Lipinski definition) is 3. The van der Waals surface area contributed by atoms with Gasteiger partial charge in [0.05, 0.1) is 11.7 Å². The fraction of sp³-hybridized carbons (Fsp3) is 0.115. The minimum absolute atomic E-state index is 0.133. The number of carbonyl (C=O) groups excluding carboxylic acids is 1. The lowest BCUT2D eigenvalue weighted by molar-refractivity contribution is -0.122. The average Bonchev–Trinajstić information content (AvgIpc) is 2.81. The van der Waals surface area contributed by atoms with E-state index in [0.717, 1.165) is 22.3 Å². The maximum atomic E-state index is 12.6. The largest absolute Gasteiger partial charge is 0.348 e. The molecule has 0 aliphatic rings. The number of nitrogens with one attached hydrogen (secondary N) is 1. The highest BCUT2D eigenvalue weighted by Gasteiger charge is 2.12. The lowest BCUT2D eigenvalue weighted by Gasteiger charge is -2.15. The highest BCUT2D eigenvalue weighted by molar-refractivity contribution is 5.76. The number of rotatable bonds is 6. The molecule has 4 aromatic rings. The van der Waals surface area contributed by atoms with Crippen LogP contribution < -0.4 is 10.9 Å². The van der Waals surface area contributed by atoms with E-state index in [9.17, 15) is 9.59 Å². The molecule has 0 spiro atoms. The van der Waals surface area contributed by atoms with E-state index in [2.05, 4.69) is 22.5 Å². The molecule has 0 radical (unpaired) electrons. The van der Waals surface area contributed by atoms with Crippen molar-refractivity contribution < 1.29 is 4.79 Å². The van der Waals surface area contributed by atoms with Crippen molar-refractivity contribution in [1.29, 1.82) is 0 Å². The first-order valence-electron chi connectivity index (χ1n) is 10.2. The lowest BCUT2D eigenvalue weighted by Crippen LogP contribution is -2.34. The van der Waals surface area contributed by atoms with Crippen molar-refractivity contribution >= 4 is 5.91 Å². The Bertz CT molecular complexity index is 1220. The van der Waals surface area contributed by atoms with Crippen molar-refractivity contribution in [2.45, 2.75) is 19.5 Å². The van der Waals surface area contributed by atoms with Crippen LogP contribution in [0.1, 0.15) is 18.5 Å². The summed E-state index contributed by atoms with van der Waals surface area (Å²) in [5.74, 6) is -0.264. The van der Waals surface area contributed by atoms with Gasteiger partial charge in [0.1, 0.15) is 6.54 Å². The van der Waals surface area contributed by atoms with Crippen LogP contribution in [-0.2, 0) is 11.3 Å². The van der Waals surface area contributed by atoms with Crippen molar-refractivity contribution in [3.8, 4) is 22.4 Å². The summed E-state index contributed by atoms with van der Waals surface area (Å²) in [4.78, 5) is 24.8. The summed E-state index contributed by atoms with van der Waals surface area (Å²) < 4.78 is 1.20. The van der Waals surface area contributed by atoms with Gasteiger partial charge in [-0.3, -0.25) is 9.59 Å². The molecule has 154 valence electrons. The number of carbonyl (C=O) groups is 1. The third-order valence-electron chi connectivity index (χ3n) is 5.12. The van der Waals surface area contributed by atoms with E-state index in [1.54, 1.807) is 6.07 Å². The first-order chi connectivity index (χ1) is 15.1. The van der Waals surface area contributed by atoms with Gasteiger partial charge in [-0.15, -0.1) is 0 Å². The topological polar surface area (TPSA) is 64.0 Å². The molecule has 0 fully saturated rings. The van der Waals surface area contributed by atoms with Crippen molar-refractivity contribution in [3.63, 3.8) is 0 Å². The SMILES string of the molecule is CC(NC(=O)Cn1nc(-c2ccccc2)ccc1=O)c1ccc(-c2ccccc2)cc1. The zero-order chi connectivity index (χ0) is 21.6. The van der Waals surface area contributed by atoms with Gasteiger partial charge in [-0.05, 0) is 29.7 Å². The Labute approximate surface area is 181 Å². The fourth-order valence-electron chi connectivity index (χ4n) is 3.43. The van der Waals surface area contributed by atoms with E-state index < -0.39 is 0 Å². The minimum atomic E-state index is -0.310. The zero-order valence-corrected chi connectivity index (χ0v) is 17.2. The summed E-state index contributed by atoms with van der Waals surface area (Å²) in [7, 11) is 0. The molecule has 1 unspecified atom stereocenters. The number of benzene rings is 3. The molecule has 0 aliphatic heterocycles. The molecule has 0 aliphatic carbocycles. The Kier molecular flexibility index (Phi) is 6.03. The van der Waals surface area contributed by atoms with Crippen molar-refractivity contribution in [1.82, 2.24) is 15.1 Å². The van der Waals surface area contributed by atoms with Gasteiger partial charge in [0.15, 0.2) is 0 Å². The molecule has 5 heteroatoms. The normalized spacial score (nSPS) is 11.6. The molecule has 5 nitrogen and oxygen atoms in total. The van der Waals surface area contributed by atoms with Crippen LogP contribution in [0, 0.1) is 0 Å². The standard InChI is InChI=1S/C26H23N3O2/c1-19(20-12-14-22(15-13-20)21-8-4-2-5-9-21)27-25(30)18-29-26(31)17-16-24(28-29)23-10-6-3-7-11-23/h2-17,19H,18H2,1H3,(H,27,30). The van der Waals surface area contributed by atoms with Crippen molar-refractivity contribution in [2.75, 3.05) is 0 Å². The van der Waals surface area contributed by atoms with E-state index in [1.165, 1.54) is 10.7 Å². The molecule has 0 saturated carbocycles. The lowest BCUT2D eigenvalue weighted by atomic mass is 10.0. The molecule has 0 saturated heterocycles. The smallest absolute Gasteiger partial charge is 0.267 e. The summed E-state index contributed by atoms with van der Waals surface area (Å²) in [6.45, 7) is 1.79. The second-order valence-electron chi connectivity index (χ2n) is 7.36. The van der Waals surface area contributed by atoms with E-state index in [4.69, 9.17) is 0 Å². The van der Waals surface area contributed by atoms with Gasteiger partial charge < -0.3 is 5.32 Å². The summed E-state index contributed by atoms with van der Waals surface area (Å²) in [6.07, 6.45) is 0. The molecule has 0 bridgehead atoms. The Morgan fingerprint density at radius 3 is 2.03 bits per heavy atom. The number of aromatic nitrogens is 2. The Morgan fingerprint density at radius 2 is 1.39 bits per heavy atom. The van der Waals surface area contributed by atoms with Crippen LogP contribution >= 0.6 is 0 Å². The number of amides is 1. The van der Waals surface area contributed by atoms with E-state index in [1.807, 2.05) is 79.7 Å². The summed E-state index contributed by atoms with van der Waals surface area (Å²) in [5.41, 5.74) is 4.49. The summed E-state index contributed by atoms with van der Waals surface area (Å²) in [6, 6.07) is 30.7. The van der Waals surface area contributed by atoms with Crippen LogP contribution in [-0.4, -0.2) is 15.7 Å². The number of hydrogen-bond donors (Lipinski definition) is 1. The number of nitrogens with zero attached hydrogens (tertiary/aromatic N) is 2. The highest BCUT2D eigenvalue weighted by atomic mass is 16.2. The monoisotopic (exact) mass is 409 g/mol. The first-order valence-corrected chi connectivity index (χ1v) is 10.2. The van der Waals surface area contributed by atoms with Crippen LogP contribution in [0.15, 0.2) is 102 Å². The molecule has 1 aromatic heterocycles. The second-order valence-corrected chi connectivity index (χ2v) is 7.36. The zero-order valence-electron chi connectivity index (χ0n) is 17.2. The Balaban J connectivity index is 1.43. The molecule has 1 N–H and O–H groups in total. The van der Waals surface area contributed by atoms with Crippen LogP contribution in [0.4, 0.5) is 0 Å². The molecular weight excluding hydrogens is 386 g/mol. The van der Waals surface area contributed by atoms with E-state index in [0.29, 0.717) is 5.69 Å². The van der Waals surface area contributed by atoms with Gasteiger partial charge in [-0.1, -0.05) is 84.9 Å². The average molecular weight is 409 g/mol. The van der Waals surface area contributed by atoms with Crippen LogP contribution in [0.5, 0.6) is 0 Å². The molecule has 3 aromatic carbocycles. The van der Waals surface area contributed by atoms with Crippen molar-refractivity contribution in [2.24, 2.45) is 0 Å². The molecule has 1 amide bonds. The van der Waals surface area contributed by atoms with Gasteiger partial charge in [0.2, 0.25) is 5.91 Å². The third-order valence-corrected chi connectivity index (χ3v) is 5.12.